The first-order chi connectivity index (χ1) is 9.39. The lowest BCUT2D eigenvalue weighted by molar-refractivity contribution is 0.307. The molecule has 0 aliphatic rings. The minimum atomic E-state index is -5.13. The van der Waals surface area contributed by atoms with Crippen molar-refractivity contribution in [1.29, 1.82) is 0 Å². The van der Waals surface area contributed by atoms with Crippen LogP contribution in [-0.4, -0.2) is 6.98 Å². The lowest BCUT2D eigenvalue weighted by Gasteiger charge is -2.20. The van der Waals surface area contributed by atoms with Crippen molar-refractivity contribution < 1.29 is 17.7 Å². The highest BCUT2D eigenvalue weighted by molar-refractivity contribution is 6.74. The predicted molar refractivity (Wildman–Crippen MR) is 75.9 cm³/mol. The summed E-state index contributed by atoms with van der Waals surface area (Å²) in [5.41, 5.74) is -0.309. The second kappa shape index (κ2) is 5.98. The van der Waals surface area contributed by atoms with Gasteiger partial charge in [-0.25, -0.2) is 0 Å². The van der Waals surface area contributed by atoms with Crippen LogP contribution in [0.15, 0.2) is 42.5 Å². The van der Waals surface area contributed by atoms with Crippen molar-refractivity contribution in [1.82, 2.24) is 0 Å². The van der Waals surface area contributed by atoms with Gasteiger partial charge in [-0.2, -0.15) is 0 Å². The van der Waals surface area contributed by atoms with E-state index in [0.29, 0.717) is 15.6 Å². The Kier molecular flexibility index (Phi) is 4.50. The molecule has 0 atom stereocenters. The van der Waals surface area contributed by atoms with E-state index in [0.717, 1.165) is 6.07 Å². The summed E-state index contributed by atoms with van der Waals surface area (Å²) < 4.78 is 43.8. The zero-order chi connectivity index (χ0) is 14.8. The van der Waals surface area contributed by atoms with Gasteiger partial charge in [-0.3, -0.25) is 0 Å². The van der Waals surface area contributed by atoms with Gasteiger partial charge in [-0.05, 0) is 18.2 Å². The summed E-state index contributed by atoms with van der Waals surface area (Å²) >= 11 is 11.9. The molecule has 0 radical (unpaired) electrons. The summed E-state index contributed by atoms with van der Waals surface area (Å²) in [7, 11) is 0. The van der Waals surface area contributed by atoms with Gasteiger partial charge in [0.1, 0.15) is 6.61 Å². The molecule has 0 aliphatic heterocycles. The van der Waals surface area contributed by atoms with Crippen molar-refractivity contribution in [3.05, 3.63) is 58.1 Å². The molecule has 0 aliphatic carbocycles. The third-order valence-corrected chi connectivity index (χ3v) is 3.41. The van der Waals surface area contributed by atoms with Crippen LogP contribution in [0.1, 0.15) is 5.56 Å². The number of rotatable bonds is 4. The largest absolute Gasteiger partial charge is 0.513 e. The quantitative estimate of drug-likeness (QED) is 0.747. The highest BCUT2D eigenvalue weighted by Gasteiger charge is 2.29. The van der Waals surface area contributed by atoms with Crippen LogP contribution in [0.4, 0.5) is 12.9 Å². The fourth-order valence-corrected chi connectivity index (χ4v) is 2.21. The smallest absolute Gasteiger partial charge is 0.492 e. The van der Waals surface area contributed by atoms with Crippen LogP contribution in [-0.2, 0) is 6.61 Å². The summed E-state index contributed by atoms with van der Waals surface area (Å²) in [6.07, 6.45) is 0. The van der Waals surface area contributed by atoms with Crippen molar-refractivity contribution in [2.45, 2.75) is 6.61 Å². The maximum atomic E-state index is 12.9. The van der Waals surface area contributed by atoms with E-state index < -0.39 is 12.4 Å². The maximum absolute atomic E-state index is 12.9. The summed E-state index contributed by atoms with van der Waals surface area (Å²) in [5.74, 6) is -0.226. The molecule has 0 amide bonds. The second-order valence-electron chi connectivity index (χ2n) is 4.10. The molecule has 0 bridgehead atoms. The number of hydrogen-bond donors (Lipinski definition) is 0. The van der Waals surface area contributed by atoms with Crippen molar-refractivity contribution in [3.8, 4) is 5.75 Å². The van der Waals surface area contributed by atoms with Gasteiger partial charge in [-0.15, -0.1) is 0 Å². The Morgan fingerprint density at radius 3 is 2.10 bits per heavy atom. The zero-order valence-corrected chi connectivity index (χ0v) is 11.6. The Hall–Kier alpha value is -1.33. The van der Waals surface area contributed by atoms with Crippen LogP contribution in [0, 0.1) is 0 Å². The minimum Gasteiger partial charge on any atom is -0.492 e. The molecule has 2 rings (SSSR count). The highest BCUT2D eigenvalue weighted by Crippen LogP contribution is 2.26. The predicted octanol–water partition coefficient (Wildman–Crippen LogP) is 4.63. The molecule has 20 heavy (non-hydrogen) atoms. The number of ether oxygens (including phenoxy) is 1. The Bertz CT molecular complexity index is 597. The summed E-state index contributed by atoms with van der Waals surface area (Å²) in [6.45, 7) is -5.25. The van der Waals surface area contributed by atoms with Gasteiger partial charge < -0.3 is 17.7 Å². The molecule has 0 heterocycles. The summed E-state index contributed by atoms with van der Waals surface area (Å²) in [5, 5.41) is 0.708. The van der Waals surface area contributed by atoms with Crippen molar-refractivity contribution in [2.75, 3.05) is 0 Å². The first-order valence-corrected chi connectivity index (χ1v) is 6.49. The van der Waals surface area contributed by atoms with Crippen LogP contribution >= 0.6 is 23.2 Å². The molecule has 106 valence electrons. The van der Waals surface area contributed by atoms with Crippen LogP contribution in [0.25, 0.3) is 0 Å². The number of halogens is 5. The first-order valence-electron chi connectivity index (χ1n) is 5.74. The first kappa shape index (κ1) is 15.1. The monoisotopic (exact) mass is 319 g/mol. The Morgan fingerprint density at radius 2 is 1.50 bits per heavy atom. The molecule has 2 aromatic rings. The van der Waals surface area contributed by atoms with Crippen LogP contribution in [0.3, 0.4) is 0 Å². The van der Waals surface area contributed by atoms with Crippen LogP contribution in [0.2, 0.25) is 10.0 Å². The molecule has 0 unspecified atom stereocenters. The molecular weight excluding hydrogens is 311 g/mol. The summed E-state index contributed by atoms with van der Waals surface area (Å²) in [6, 6.07) is 9.92. The van der Waals surface area contributed by atoms with Crippen molar-refractivity contribution in [3.63, 3.8) is 0 Å². The molecule has 0 saturated heterocycles. The number of para-hydroxylation sites is 1. The van der Waals surface area contributed by atoms with E-state index in [-0.39, 0.29) is 12.4 Å². The summed E-state index contributed by atoms with van der Waals surface area (Å²) in [4.78, 5) is 0. The molecule has 0 aromatic heterocycles. The van der Waals surface area contributed by atoms with E-state index in [1.54, 1.807) is 18.2 Å². The maximum Gasteiger partial charge on any atom is 0.513 e. The van der Waals surface area contributed by atoms with Gasteiger partial charge in [-0.1, -0.05) is 52.9 Å². The van der Waals surface area contributed by atoms with E-state index in [1.165, 1.54) is 18.2 Å². The lowest BCUT2D eigenvalue weighted by Crippen LogP contribution is -2.35. The van der Waals surface area contributed by atoms with E-state index in [9.17, 15) is 12.9 Å². The number of hydrogen-bond acceptors (Lipinski definition) is 1. The third kappa shape index (κ3) is 3.41. The molecule has 0 saturated carbocycles. The molecule has 0 N–H and O–H groups in total. The van der Waals surface area contributed by atoms with Gasteiger partial charge in [0.15, 0.2) is 0 Å². The molecule has 1 nitrogen and oxygen atoms in total. The second-order valence-corrected chi connectivity index (χ2v) is 4.92. The lowest BCUT2D eigenvalue weighted by atomic mass is 9.79. The zero-order valence-electron chi connectivity index (χ0n) is 10.1. The standard InChI is InChI=1S/C13H9BCl2F3O/c15-11-5-3-6-12(16)9(11)8-20-13-7-2-1-4-10(13)14(17,18)19/h1-7H,8H2/q-1. The van der Waals surface area contributed by atoms with Gasteiger partial charge in [0, 0.05) is 15.6 Å². The fourth-order valence-electron chi connectivity index (χ4n) is 1.70. The van der Waals surface area contributed by atoms with Gasteiger partial charge in [0.25, 0.3) is 0 Å². The molecule has 0 spiro atoms. The average Bonchev–Trinajstić information content (AvgIpc) is 2.37. The molecule has 0 fully saturated rings. The van der Waals surface area contributed by atoms with E-state index in [2.05, 4.69) is 0 Å². The number of benzene rings is 2. The van der Waals surface area contributed by atoms with E-state index >= 15 is 0 Å². The minimum absolute atomic E-state index is 0.123. The van der Waals surface area contributed by atoms with E-state index in [1.807, 2.05) is 0 Å². The molecular formula is C13H9BCl2F3O-. The molecule has 2 aromatic carbocycles. The highest BCUT2D eigenvalue weighted by atomic mass is 35.5. The Labute approximate surface area is 124 Å². The Morgan fingerprint density at radius 1 is 0.900 bits per heavy atom. The molecule has 7 heteroatoms. The van der Waals surface area contributed by atoms with Gasteiger partial charge in [0.05, 0.1) is 5.75 Å². The van der Waals surface area contributed by atoms with Crippen molar-refractivity contribution >= 4 is 35.6 Å². The van der Waals surface area contributed by atoms with Crippen LogP contribution in [0.5, 0.6) is 5.75 Å². The van der Waals surface area contributed by atoms with Gasteiger partial charge >= 0.3 is 6.98 Å². The Balaban J connectivity index is 2.24. The average molecular weight is 320 g/mol. The van der Waals surface area contributed by atoms with Crippen LogP contribution < -0.4 is 10.2 Å². The van der Waals surface area contributed by atoms with Gasteiger partial charge in [0.2, 0.25) is 0 Å². The SMILES string of the molecule is F[B-](F)(F)c1ccccc1OCc1c(Cl)cccc1Cl. The van der Waals surface area contributed by atoms with Crippen molar-refractivity contribution in [2.24, 2.45) is 0 Å². The third-order valence-electron chi connectivity index (χ3n) is 2.71. The normalized spacial score (nSPS) is 11.4. The topological polar surface area (TPSA) is 9.23 Å². The fraction of sp³-hybridized carbons (Fsp3) is 0.0769. The van der Waals surface area contributed by atoms with E-state index in [4.69, 9.17) is 27.9 Å².